The summed E-state index contributed by atoms with van der Waals surface area (Å²) >= 11 is 0. The Morgan fingerprint density at radius 2 is 1.73 bits per heavy atom. The van der Waals surface area contributed by atoms with Crippen LogP contribution in [0.5, 0.6) is 5.88 Å². The number of aromatic nitrogens is 1. The highest BCUT2D eigenvalue weighted by molar-refractivity contribution is 5.18. The van der Waals surface area contributed by atoms with Crippen molar-refractivity contribution >= 4 is 0 Å². The fourth-order valence-electron chi connectivity index (χ4n) is 1.14. The van der Waals surface area contributed by atoms with E-state index < -0.39 is 0 Å². The molecule has 0 saturated carbocycles. The van der Waals surface area contributed by atoms with Crippen LogP contribution in [-0.4, -0.2) is 11.1 Å². The van der Waals surface area contributed by atoms with Gasteiger partial charge in [0.15, 0.2) is 0 Å². The van der Waals surface area contributed by atoms with Gasteiger partial charge in [-0.3, -0.25) is 0 Å². The number of hydrogen-bond acceptors (Lipinski definition) is 2. The monoisotopic (exact) mass is 207 g/mol. The number of ether oxygens (including phenoxy) is 1. The fraction of sp³-hybridized carbons (Fsp3) is 0.615. The molecule has 84 valence electrons. The minimum atomic E-state index is 0.208. The van der Waals surface area contributed by atoms with Crippen molar-refractivity contribution in [3.8, 4) is 5.88 Å². The first-order valence-electron chi connectivity index (χ1n) is 5.64. The molecule has 0 amide bonds. The lowest BCUT2D eigenvalue weighted by Crippen LogP contribution is -2.19. The van der Waals surface area contributed by atoms with Gasteiger partial charge in [-0.15, -0.1) is 0 Å². The maximum Gasteiger partial charge on any atom is 0.213 e. The van der Waals surface area contributed by atoms with Crippen LogP contribution < -0.4 is 4.74 Å². The predicted molar refractivity (Wildman–Crippen MR) is 63.3 cm³/mol. The van der Waals surface area contributed by atoms with Crippen molar-refractivity contribution in [2.45, 2.75) is 46.6 Å². The molecule has 0 aliphatic heterocycles. The molecule has 0 spiro atoms. The average molecular weight is 207 g/mol. The highest BCUT2D eigenvalue weighted by atomic mass is 16.5. The lowest BCUT2D eigenvalue weighted by atomic mass is 10.1. The molecule has 1 atom stereocenters. The molecule has 0 N–H and O–H groups in total. The minimum Gasteiger partial charge on any atom is -0.474 e. The summed E-state index contributed by atoms with van der Waals surface area (Å²) in [6, 6.07) is 5.97. The lowest BCUT2D eigenvalue weighted by Gasteiger charge is -2.17. The van der Waals surface area contributed by atoms with Crippen LogP contribution in [0.2, 0.25) is 0 Å². The van der Waals surface area contributed by atoms with Gasteiger partial charge in [0.1, 0.15) is 0 Å². The van der Waals surface area contributed by atoms with Gasteiger partial charge in [-0.25, -0.2) is 4.98 Å². The number of nitrogens with zero attached hydrogens (tertiary/aromatic N) is 1. The van der Waals surface area contributed by atoms with Crippen molar-refractivity contribution in [3.63, 3.8) is 0 Å². The summed E-state index contributed by atoms with van der Waals surface area (Å²) in [5.74, 6) is 1.69. The summed E-state index contributed by atoms with van der Waals surface area (Å²) in [4.78, 5) is 4.47. The van der Waals surface area contributed by atoms with Gasteiger partial charge in [-0.2, -0.15) is 0 Å². The average Bonchev–Trinajstić information content (AvgIpc) is 2.18. The molecule has 0 aliphatic rings. The van der Waals surface area contributed by atoms with E-state index in [1.807, 2.05) is 18.2 Å². The molecular weight excluding hydrogens is 186 g/mol. The molecule has 1 unspecified atom stereocenters. The molecule has 0 aromatic carbocycles. The zero-order valence-electron chi connectivity index (χ0n) is 10.3. The van der Waals surface area contributed by atoms with E-state index in [2.05, 4.69) is 39.6 Å². The van der Waals surface area contributed by atoms with Crippen LogP contribution >= 0.6 is 0 Å². The van der Waals surface area contributed by atoms with E-state index in [1.54, 1.807) is 0 Å². The number of rotatable bonds is 4. The Morgan fingerprint density at radius 1 is 1.07 bits per heavy atom. The Morgan fingerprint density at radius 3 is 2.27 bits per heavy atom. The molecule has 1 aromatic heterocycles. The summed E-state index contributed by atoms with van der Waals surface area (Å²) in [5, 5.41) is 0. The topological polar surface area (TPSA) is 22.1 Å². The summed E-state index contributed by atoms with van der Waals surface area (Å²) in [7, 11) is 0. The van der Waals surface area contributed by atoms with E-state index in [1.165, 1.54) is 0 Å². The smallest absolute Gasteiger partial charge is 0.213 e. The first-order valence-corrected chi connectivity index (χ1v) is 5.64. The fourth-order valence-corrected chi connectivity index (χ4v) is 1.14. The van der Waals surface area contributed by atoms with E-state index in [-0.39, 0.29) is 6.10 Å². The minimum absolute atomic E-state index is 0.208. The maximum atomic E-state index is 5.76. The number of pyridine rings is 1. The van der Waals surface area contributed by atoms with E-state index in [0.29, 0.717) is 11.8 Å². The van der Waals surface area contributed by atoms with E-state index in [4.69, 9.17) is 4.74 Å². The van der Waals surface area contributed by atoms with Gasteiger partial charge in [0.25, 0.3) is 0 Å². The van der Waals surface area contributed by atoms with Gasteiger partial charge in [0.2, 0.25) is 5.88 Å². The van der Waals surface area contributed by atoms with Crippen molar-refractivity contribution in [2.75, 3.05) is 0 Å². The Bertz CT molecular complexity index is 307. The molecule has 0 aliphatic carbocycles. The van der Waals surface area contributed by atoms with Gasteiger partial charge in [-0.05, 0) is 24.8 Å². The first kappa shape index (κ1) is 12.0. The third-order valence-electron chi connectivity index (χ3n) is 2.58. The molecular formula is C13H21NO. The molecule has 1 rings (SSSR count). The molecule has 0 bridgehead atoms. The molecule has 0 fully saturated rings. The predicted octanol–water partition coefficient (Wildman–Crippen LogP) is 3.63. The standard InChI is InChI=1S/C13H21NO/c1-9(2)11(5)15-13-8-6-7-12(14-13)10(3)4/h6-11H,1-5H3. The van der Waals surface area contributed by atoms with Crippen molar-refractivity contribution in [1.82, 2.24) is 4.98 Å². The quantitative estimate of drug-likeness (QED) is 0.752. The van der Waals surface area contributed by atoms with Crippen LogP contribution in [0.3, 0.4) is 0 Å². The maximum absolute atomic E-state index is 5.76. The highest BCUT2D eigenvalue weighted by Crippen LogP contribution is 2.17. The van der Waals surface area contributed by atoms with Gasteiger partial charge in [0, 0.05) is 11.8 Å². The van der Waals surface area contributed by atoms with Crippen molar-refractivity contribution in [3.05, 3.63) is 23.9 Å². The van der Waals surface area contributed by atoms with Gasteiger partial charge < -0.3 is 4.74 Å². The molecule has 0 saturated heterocycles. The normalized spacial score (nSPS) is 13.3. The molecule has 15 heavy (non-hydrogen) atoms. The van der Waals surface area contributed by atoms with Crippen LogP contribution in [0.15, 0.2) is 18.2 Å². The summed E-state index contributed by atoms with van der Waals surface area (Å²) in [6.45, 7) is 10.7. The number of hydrogen-bond donors (Lipinski definition) is 0. The Kier molecular flexibility index (Phi) is 4.13. The van der Waals surface area contributed by atoms with Crippen LogP contribution in [0, 0.1) is 5.92 Å². The Hall–Kier alpha value is -1.05. The van der Waals surface area contributed by atoms with Crippen LogP contribution in [0.4, 0.5) is 0 Å². The summed E-state index contributed by atoms with van der Waals surface area (Å²) in [6.07, 6.45) is 0.208. The van der Waals surface area contributed by atoms with Crippen LogP contribution in [0.1, 0.15) is 46.2 Å². The molecule has 1 heterocycles. The molecule has 2 heteroatoms. The van der Waals surface area contributed by atoms with Crippen molar-refractivity contribution in [2.24, 2.45) is 5.92 Å². The van der Waals surface area contributed by atoms with Crippen LogP contribution in [0.25, 0.3) is 0 Å². The van der Waals surface area contributed by atoms with Gasteiger partial charge >= 0.3 is 0 Å². The second-order valence-corrected chi connectivity index (χ2v) is 4.62. The van der Waals surface area contributed by atoms with E-state index in [9.17, 15) is 0 Å². The van der Waals surface area contributed by atoms with Crippen molar-refractivity contribution < 1.29 is 4.74 Å². The van der Waals surface area contributed by atoms with Gasteiger partial charge in [0.05, 0.1) is 6.10 Å². The van der Waals surface area contributed by atoms with E-state index in [0.717, 1.165) is 11.6 Å². The molecule has 0 radical (unpaired) electrons. The second kappa shape index (κ2) is 5.15. The first-order chi connectivity index (χ1) is 7.00. The van der Waals surface area contributed by atoms with Gasteiger partial charge in [-0.1, -0.05) is 33.8 Å². The third-order valence-corrected chi connectivity index (χ3v) is 2.58. The summed E-state index contributed by atoms with van der Waals surface area (Å²) in [5.41, 5.74) is 1.09. The Balaban J connectivity index is 2.73. The summed E-state index contributed by atoms with van der Waals surface area (Å²) < 4.78 is 5.76. The Labute approximate surface area is 92.7 Å². The lowest BCUT2D eigenvalue weighted by molar-refractivity contribution is 0.163. The SMILES string of the molecule is CC(C)c1cccc(OC(C)C(C)C)n1. The second-order valence-electron chi connectivity index (χ2n) is 4.62. The van der Waals surface area contributed by atoms with E-state index >= 15 is 0 Å². The van der Waals surface area contributed by atoms with Crippen molar-refractivity contribution in [1.29, 1.82) is 0 Å². The molecule has 1 aromatic rings. The largest absolute Gasteiger partial charge is 0.474 e. The zero-order chi connectivity index (χ0) is 11.4. The molecule has 2 nitrogen and oxygen atoms in total. The third kappa shape index (κ3) is 3.54. The van der Waals surface area contributed by atoms with Crippen LogP contribution in [-0.2, 0) is 0 Å². The highest BCUT2D eigenvalue weighted by Gasteiger charge is 2.10. The zero-order valence-corrected chi connectivity index (χ0v) is 10.3.